The lowest BCUT2D eigenvalue weighted by molar-refractivity contribution is 0.250. The summed E-state index contributed by atoms with van der Waals surface area (Å²) in [6, 6.07) is 6.63. The van der Waals surface area contributed by atoms with Crippen LogP contribution < -0.4 is 5.32 Å². The molecule has 0 aliphatic heterocycles. The summed E-state index contributed by atoms with van der Waals surface area (Å²) in [7, 11) is 0. The van der Waals surface area contributed by atoms with Gasteiger partial charge in [0.15, 0.2) is 0 Å². The average Bonchev–Trinajstić information content (AvgIpc) is 2.33. The van der Waals surface area contributed by atoms with Gasteiger partial charge in [-0.3, -0.25) is 0 Å². The summed E-state index contributed by atoms with van der Waals surface area (Å²) < 4.78 is 0. The van der Waals surface area contributed by atoms with Gasteiger partial charge in [0.1, 0.15) is 0 Å². The molecule has 0 heterocycles. The minimum atomic E-state index is 0.149. The number of aliphatic hydroxyl groups is 1. The SMILES string of the molecule is Cc1cc(SCC(C)CO)ccc1CNC(C)(C)C. The molecule has 0 saturated heterocycles. The molecule has 1 atom stereocenters. The lowest BCUT2D eigenvalue weighted by Crippen LogP contribution is -2.35. The van der Waals surface area contributed by atoms with Gasteiger partial charge in [-0.25, -0.2) is 0 Å². The van der Waals surface area contributed by atoms with Gasteiger partial charge in [0, 0.05) is 29.3 Å². The molecule has 19 heavy (non-hydrogen) atoms. The molecule has 1 unspecified atom stereocenters. The van der Waals surface area contributed by atoms with E-state index in [2.05, 4.69) is 58.1 Å². The van der Waals surface area contributed by atoms with Crippen molar-refractivity contribution in [2.75, 3.05) is 12.4 Å². The molecule has 0 radical (unpaired) electrons. The highest BCUT2D eigenvalue weighted by Crippen LogP contribution is 2.23. The molecule has 1 rings (SSSR count). The Morgan fingerprint density at radius 2 is 2.00 bits per heavy atom. The van der Waals surface area contributed by atoms with Gasteiger partial charge in [0.25, 0.3) is 0 Å². The van der Waals surface area contributed by atoms with Crippen LogP contribution in [0.4, 0.5) is 0 Å². The predicted molar refractivity (Wildman–Crippen MR) is 84.7 cm³/mol. The quantitative estimate of drug-likeness (QED) is 0.781. The lowest BCUT2D eigenvalue weighted by atomic mass is 10.1. The van der Waals surface area contributed by atoms with Crippen molar-refractivity contribution >= 4 is 11.8 Å². The molecule has 1 aromatic rings. The lowest BCUT2D eigenvalue weighted by Gasteiger charge is -2.21. The molecule has 0 spiro atoms. The van der Waals surface area contributed by atoms with E-state index in [1.807, 2.05) is 11.8 Å². The Kier molecular flexibility index (Phi) is 6.37. The number of thioether (sulfide) groups is 1. The first kappa shape index (κ1) is 16.5. The van der Waals surface area contributed by atoms with Gasteiger partial charge in [-0.15, -0.1) is 11.8 Å². The minimum absolute atomic E-state index is 0.149. The van der Waals surface area contributed by atoms with Crippen LogP contribution >= 0.6 is 11.8 Å². The number of aryl methyl sites for hydroxylation is 1. The van der Waals surface area contributed by atoms with Crippen LogP contribution in [0.3, 0.4) is 0 Å². The highest BCUT2D eigenvalue weighted by molar-refractivity contribution is 7.99. The molecule has 108 valence electrons. The molecule has 0 amide bonds. The van der Waals surface area contributed by atoms with Crippen LogP contribution in [0, 0.1) is 12.8 Å². The molecule has 0 aliphatic carbocycles. The van der Waals surface area contributed by atoms with Gasteiger partial charge in [-0.05, 0) is 56.9 Å². The Hall–Kier alpha value is -0.510. The zero-order valence-electron chi connectivity index (χ0n) is 12.8. The summed E-state index contributed by atoms with van der Waals surface area (Å²) in [6.45, 7) is 12.0. The number of aliphatic hydroxyl groups excluding tert-OH is 1. The molecule has 2 N–H and O–H groups in total. The number of benzene rings is 1. The van der Waals surface area contributed by atoms with Crippen LogP contribution in [0.15, 0.2) is 23.1 Å². The molecule has 3 heteroatoms. The molecule has 2 nitrogen and oxygen atoms in total. The highest BCUT2D eigenvalue weighted by Gasteiger charge is 2.10. The first-order valence-electron chi connectivity index (χ1n) is 6.90. The van der Waals surface area contributed by atoms with Crippen molar-refractivity contribution in [3.8, 4) is 0 Å². The maximum absolute atomic E-state index is 9.04. The Bertz CT molecular complexity index is 398. The monoisotopic (exact) mass is 281 g/mol. The van der Waals surface area contributed by atoms with E-state index in [1.165, 1.54) is 16.0 Å². The highest BCUT2D eigenvalue weighted by atomic mass is 32.2. The zero-order chi connectivity index (χ0) is 14.5. The maximum Gasteiger partial charge on any atom is 0.0464 e. The van der Waals surface area contributed by atoms with E-state index in [-0.39, 0.29) is 12.1 Å². The van der Waals surface area contributed by atoms with E-state index in [0.717, 1.165) is 12.3 Å². The van der Waals surface area contributed by atoms with Gasteiger partial charge >= 0.3 is 0 Å². The van der Waals surface area contributed by atoms with Crippen molar-refractivity contribution in [2.45, 2.75) is 51.6 Å². The van der Waals surface area contributed by atoms with Gasteiger partial charge in [0.2, 0.25) is 0 Å². The summed E-state index contributed by atoms with van der Waals surface area (Å²) >= 11 is 1.82. The molecule has 0 fully saturated rings. The van der Waals surface area contributed by atoms with Crippen LogP contribution in [0.5, 0.6) is 0 Å². The van der Waals surface area contributed by atoms with Crippen LogP contribution in [0.2, 0.25) is 0 Å². The van der Waals surface area contributed by atoms with E-state index in [9.17, 15) is 0 Å². The molecule has 0 aromatic heterocycles. The van der Waals surface area contributed by atoms with Crippen molar-refractivity contribution in [3.63, 3.8) is 0 Å². The second kappa shape index (κ2) is 7.32. The predicted octanol–water partition coefficient (Wildman–Crippen LogP) is 3.60. The number of hydrogen-bond donors (Lipinski definition) is 2. The summed E-state index contributed by atoms with van der Waals surface area (Å²) in [4.78, 5) is 1.29. The van der Waals surface area contributed by atoms with E-state index < -0.39 is 0 Å². The first-order valence-corrected chi connectivity index (χ1v) is 7.88. The molecule has 0 bridgehead atoms. The second-order valence-corrected chi connectivity index (χ2v) is 7.38. The number of hydrogen-bond acceptors (Lipinski definition) is 3. The Balaban J connectivity index is 2.59. The number of rotatable bonds is 6. The summed E-state index contributed by atoms with van der Waals surface area (Å²) in [5.74, 6) is 1.32. The van der Waals surface area contributed by atoms with Gasteiger partial charge in [-0.1, -0.05) is 13.0 Å². The van der Waals surface area contributed by atoms with Crippen LogP contribution in [-0.4, -0.2) is 23.0 Å². The van der Waals surface area contributed by atoms with Gasteiger partial charge in [-0.2, -0.15) is 0 Å². The topological polar surface area (TPSA) is 32.3 Å². The van der Waals surface area contributed by atoms with Crippen molar-refractivity contribution in [1.82, 2.24) is 5.32 Å². The second-order valence-electron chi connectivity index (χ2n) is 6.29. The maximum atomic E-state index is 9.04. The first-order chi connectivity index (χ1) is 8.81. The van der Waals surface area contributed by atoms with Crippen LogP contribution in [0.25, 0.3) is 0 Å². The Labute approximate surface area is 122 Å². The van der Waals surface area contributed by atoms with Gasteiger partial charge in [0.05, 0.1) is 0 Å². The standard InChI is InChI=1S/C16H27NOS/c1-12(10-18)11-19-15-7-6-14(13(2)8-15)9-17-16(3,4)5/h6-8,12,17-18H,9-11H2,1-5H3. The largest absolute Gasteiger partial charge is 0.396 e. The fraction of sp³-hybridized carbons (Fsp3) is 0.625. The fourth-order valence-corrected chi connectivity index (χ4v) is 2.61. The van der Waals surface area contributed by atoms with E-state index in [4.69, 9.17) is 5.11 Å². The Morgan fingerprint density at radius 3 is 2.53 bits per heavy atom. The van der Waals surface area contributed by atoms with E-state index in [0.29, 0.717) is 5.92 Å². The third kappa shape index (κ3) is 6.46. The molecule has 0 aliphatic rings. The van der Waals surface area contributed by atoms with Crippen molar-refractivity contribution in [2.24, 2.45) is 5.92 Å². The third-order valence-corrected chi connectivity index (χ3v) is 4.29. The number of nitrogens with one attached hydrogen (secondary N) is 1. The molecular formula is C16H27NOS. The summed E-state index contributed by atoms with van der Waals surface area (Å²) in [5, 5.41) is 12.6. The fourth-order valence-electron chi connectivity index (χ4n) is 1.61. The van der Waals surface area contributed by atoms with Crippen molar-refractivity contribution < 1.29 is 5.11 Å². The van der Waals surface area contributed by atoms with Gasteiger partial charge < -0.3 is 10.4 Å². The molecule has 1 aromatic carbocycles. The molecule has 0 saturated carbocycles. The zero-order valence-corrected chi connectivity index (χ0v) is 13.6. The normalized spacial score (nSPS) is 13.6. The average molecular weight is 281 g/mol. The van der Waals surface area contributed by atoms with Crippen molar-refractivity contribution in [1.29, 1.82) is 0 Å². The summed E-state index contributed by atoms with van der Waals surface area (Å²) in [6.07, 6.45) is 0. The third-order valence-electron chi connectivity index (χ3n) is 2.97. The van der Waals surface area contributed by atoms with Crippen LogP contribution in [0.1, 0.15) is 38.8 Å². The smallest absolute Gasteiger partial charge is 0.0464 e. The van der Waals surface area contributed by atoms with Crippen molar-refractivity contribution in [3.05, 3.63) is 29.3 Å². The Morgan fingerprint density at radius 1 is 1.32 bits per heavy atom. The minimum Gasteiger partial charge on any atom is -0.396 e. The van der Waals surface area contributed by atoms with Crippen LogP contribution in [-0.2, 0) is 6.54 Å². The molecular weight excluding hydrogens is 254 g/mol. The summed E-state index contributed by atoms with van der Waals surface area (Å²) in [5.41, 5.74) is 2.84. The van der Waals surface area contributed by atoms with E-state index in [1.54, 1.807) is 0 Å². The van der Waals surface area contributed by atoms with E-state index >= 15 is 0 Å².